The second-order valence-corrected chi connectivity index (χ2v) is 5.40. The molecule has 3 nitrogen and oxygen atoms in total. The van der Waals surface area contributed by atoms with Crippen molar-refractivity contribution >= 4 is 11.6 Å². The highest BCUT2D eigenvalue weighted by molar-refractivity contribution is 6.31. The van der Waals surface area contributed by atoms with E-state index in [9.17, 15) is 4.39 Å². The molecule has 0 spiro atoms. The molecule has 1 heterocycles. The Labute approximate surface area is 123 Å². The van der Waals surface area contributed by atoms with Crippen molar-refractivity contribution in [3.05, 3.63) is 51.6 Å². The zero-order chi connectivity index (χ0) is 14.9. The van der Waals surface area contributed by atoms with E-state index in [1.54, 1.807) is 6.07 Å². The molecular weight excluding hydrogens is 277 g/mol. The second kappa shape index (κ2) is 5.94. The summed E-state index contributed by atoms with van der Waals surface area (Å²) in [6.45, 7) is 6.42. The largest absolute Gasteiger partial charge is 0.324 e. The van der Waals surface area contributed by atoms with Crippen molar-refractivity contribution in [3.8, 4) is 0 Å². The van der Waals surface area contributed by atoms with Crippen LogP contribution in [0.3, 0.4) is 0 Å². The molecule has 1 unspecified atom stereocenters. The van der Waals surface area contributed by atoms with Crippen LogP contribution in [0.4, 0.5) is 4.39 Å². The average molecular weight is 296 g/mol. The van der Waals surface area contributed by atoms with Gasteiger partial charge in [0.1, 0.15) is 5.82 Å². The number of aryl methyl sites for hydroxylation is 1. The predicted molar refractivity (Wildman–Crippen MR) is 79.4 cm³/mol. The maximum atomic E-state index is 13.3. The van der Waals surface area contributed by atoms with E-state index in [1.165, 1.54) is 12.1 Å². The summed E-state index contributed by atoms with van der Waals surface area (Å²) in [7, 11) is 0. The zero-order valence-corrected chi connectivity index (χ0v) is 12.7. The smallest absolute Gasteiger partial charge is 0.123 e. The Morgan fingerprint density at radius 1 is 1.40 bits per heavy atom. The number of hydrogen-bond acceptors (Lipinski definition) is 2. The van der Waals surface area contributed by atoms with Crippen LogP contribution in [-0.2, 0) is 6.54 Å². The van der Waals surface area contributed by atoms with Crippen molar-refractivity contribution in [1.82, 2.24) is 9.78 Å². The van der Waals surface area contributed by atoms with E-state index in [4.69, 9.17) is 17.3 Å². The lowest BCUT2D eigenvalue weighted by molar-refractivity contribution is 0.614. The SMILES string of the molecule is CCC(N)c1c(C)nn(Cc2cc(F)ccc2Cl)c1C. The molecule has 0 saturated heterocycles. The quantitative estimate of drug-likeness (QED) is 0.933. The highest BCUT2D eigenvalue weighted by Gasteiger charge is 2.17. The van der Waals surface area contributed by atoms with Gasteiger partial charge in [0.2, 0.25) is 0 Å². The van der Waals surface area contributed by atoms with Crippen molar-refractivity contribution in [2.75, 3.05) is 0 Å². The van der Waals surface area contributed by atoms with Gasteiger partial charge in [-0.3, -0.25) is 4.68 Å². The molecule has 1 aromatic heterocycles. The van der Waals surface area contributed by atoms with E-state index >= 15 is 0 Å². The molecule has 0 saturated carbocycles. The third-order valence-electron chi connectivity index (χ3n) is 3.58. The predicted octanol–water partition coefficient (Wildman–Crippen LogP) is 3.75. The van der Waals surface area contributed by atoms with Gasteiger partial charge in [0, 0.05) is 22.3 Å². The van der Waals surface area contributed by atoms with Gasteiger partial charge < -0.3 is 5.73 Å². The fourth-order valence-corrected chi connectivity index (χ4v) is 2.61. The molecule has 20 heavy (non-hydrogen) atoms. The summed E-state index contributed by atoms with van der Waals surface area (Å²) >= 11 is 6.10. The van der Waals surface area contributed by atoms with Crippen LogP contribution >= 0.6 is 11.6 Å². The van der Waals surface area contributed by atoms with Gasteiger partial charge >= 0.3 is 0 Å². The number of hydrogen-bond donors (Lipinski definition) is 1. The Morgan fingerprint density at radius 2 is 2.10 bits per heavy atom. The highest BCUT2D eigenvalue weighted by Crippen LogP contribution is 2.24. The van der Waals surface area contributed by atoms with E-state index < -0.39 is 0 Å². The Kier molecular flexibility index (Phi) is 4.45. The van der Waals surface area contributed by atoms with Gasteiger partial charge in [-0.05, 0) is 44.0 Å². The molecule has 5 heteroatoms. The summed E-state index contributed by atoms with van der Waals surface area (Å²) in [4.78, 5) is 0. The minimum absolute atomic E-state index is 0.0215. The lowest BCUT2D eigenvalue weighted by Crippen LogP contribution is -2.11. The molecule has 0 aliphatic carbocycles. The standard InChI is InChI=1S/C15H19ClFN3/c1-4-14(18)15-9(2)19-20(10(15)3)8-11-7-12(17)5-6-13(11)16/h5-7,14H,4,8,18H2,1-3H3. The van der Waals surface area contributed by atoms with Gasteiger partial charge in [0.15, 0.2) is 0 Å². The maximum absolute atomic E-state index is 13.3. The second-order valence-electron chi connectivity index (χ2n) is 4.99. The van der Waals surface area contributed by atoms with Gasteiger partial charge in [-0.25, -0.2) is 4.39 Å². The first-order valence-corrected chi connectivity index (χ1v) is 7.05. The summed E-state index contributed by atoms with van der Waals surface area (Å²) in [6.07, 6.45) is 0.855. The van der Waals surface area contributed by atoms with Gasteiger partial charge in [-0.1, -0.05) is 18.5 Å². The van der Waals surface area contributed by atoms with Crippen molar-refractivity contribution in [1.29, 1.82) is 0 Å². The third-order valence-corrected chi connectivity index (χ3v) is 3.94. The highest BCUT2D eigenvalue weighted by atomic mass is 35.5. The van der Waals surface area contributed by atoms with Crippen molar-refractivity contribution in [3.63, 3.8) is 0 Å². The van der Waals surface area contributed by atoms with E-state index in [0.717, 1.165) is 23.4 Å². The molecule has 0 aliphatic rings. The molecule has 2 rings (SSSR count). The molecule has 2 N–H and O–H groups in total. The summed E-state index contributed by atoms with van der Waals surface area (Å²) in [5.41, 5.74) is 9.84. The first kappa shape index (κ1) is 15.0. The van der Waals surface area contributed by atoms with E-state index in [2.05, 4.69) is 5.10 Å². The Bertz CT molecular complexity index is 622. The fourth-order valence-electron chi connectivity index (χ4n) is 2.43. The van der Waals surface area contributed by atoms with Crippen molar-refractivity contribution in [2.45, 2.75) is 39.8 Å². The minimum Gasteiger partial charge on any atom is -0.324 e. The molecule has 0 bridgehead atoms. The summed E-state index contributed by atoms with van der Waals surface area (Å²) in [5.74, 6) is -0.295. The minimum atomic E-state index is -0.295. The molecule has 1 atom stereocenters. The summed E-state index contributed by atoms with van der Waals surface area (Å²) < 4.78 is 15.1. The number of benzene rings is 1. The molecule has 108 valence electrons. The molecule has 0 amide bonds. The first-order valence-electron chi connectivity index (χ1n) is 6.67. The number of nitrogens with zero attached hydrogens (tertiary/aromatic N) is 2. The van der Waals surface area contributed by atoms with Gasteiger partial charge in [-0.15, -0.1) is 0 Å². The van der Waals surface area contributed by atoms with E-state index in [-0.39, 0.29) is 11.9 Å². The van der Waals surface area contributed by atoms with E-state index in [0.29, 0.717) is 17.1 Å². The first-order chi connectivity index (χ1) is 9.43. The molecule has 0 fully saturated rings. The average Bonchev–Trinajstić information content (AvgIpc) is 2.68. The fraction of sp³-hybridized carbons (Fsp3) is 0.400. The third kappa shape index (κ3) is 2.86. The van der Waals surface area contributed by atoms with Gasteiger partial charge in [-0.2, -0.15) is 5.10 Å². The van der Waals surface area contributed by atoms with Crippen LogP contribution in [0.15, 0.2) is 18.2 Å². The van der Waals surface area contributed by atoms with Gasteiger partial charge in [0.25, 0.3) is 0 Å². The van der Waals surface area contributed by atoms with Crippen LogP contribution in [-0.4, -0.2) is 9.78 Å². The normalized spacial score (nSPS) is 12.7. The number of nitrogens with two attached hydrogens (primary N) is 1. The zero-order valence-electron chi connectivity index (χ0n) is 12.0. The van der Waals surface area contributed by atoms with Crippen LogP contribution < -0.4 is 5.73 Å². The summed E-state index contributed by atoms with van der Waals surface area (Å²) in [6, 6.07) is 4.34. The maximum Gasteiger partial charge on any atom is 0.123 e. The van der Waals surface area contributed by atoms with Crippen LogP contribution in [0.2, 0.25) is 5.02 Å². The topological polar surface area (TPSA) is 43.8 Å². The lowest BCUT2D eigenvalue weighted by atomic mass is 10.0. The van der Waals surface area contributed by atoms with Crippen LogP contribution in [0, 0.1) is 19.7 Å². The monoisotopic (exact) mass is 295 g/mol. The molecule has 1 aromatic carbocycles. The Balaban J connectivity index is 2.37. The number of aromatic nitrogens is 2. The van der Waals surface area contributed by atoms with Crippen LogP contribution in [0.1, 0.15) is 41.9 Å². The van der Waals surface area contributed by atoms with E-state index in [1.807, 2.05) is 25.5 Å². The number of halogens is 2. The van der Waals surface area contributed by atoms with Crippen molar-refractivity contribution in [2.24, 2.45) is 5.73 Å². The van der Waals surface area contributed by atoms with Crippen molar-refractivity contribution < 1.29 is 4.39 Å². The molecular formula is C15H19ClFN3. The van der Waals surface area contributed by atoms with Crippen LogP contribution in [0.5, 0.6) is 0 Å². The summed E-state index contributed by atoms with van der Waals surface area (Å²) in [5, 5.41) is 5.04. The van der Waals surface area contributed by atoms with Crippen LogP contribution in [0.25, 0.3) is 0 Å². The Morgan fingerprint density at radius 3 is 2.75 bits per heavy atom. The lowest BCUT2D eigenvalue weighted by Gasteiger charge is -2.11. The molecule has 2 aromatic rings. The Hall–Kier alpha value is -1.39. The van der Waals surface area contributed by atoms with Gasteiger partial charge in [0.05, 0.1) is 12.2 Å². The number of rotatable bonds is 4. The molecule has 0 aliphatic heterocycles. The molecule has 0 radical (unpaired) electrons.